The average Bonchev–Trinajstić information content (AvgIpc) is 2.07. The van der Waals surface area contributed by atoms with Crippen molar-refractivity contribution in [2.45, 2.75) is 6.04 Å². The van der Waals surface area contributed by atoms with Crippen LogP contribution in [-0.2, 0) is 4.74 Å². The zero-order chi connectivity index (χ0) is 8.10. The second-order valence-electron chi connectivity index (χ2n) is 2.34. The van der Waals surface area contributed by atoms with E-state index in [4.69, 9.17) is 10.5 Å². The number of pyridine rings is 1. The molecule has 1 aromatic heterocycles. The van der Waals surface area contributed by atoms with Crippen LogP contribution in [0.1, 0.15) is 11.6 Å². The highest BCUT2D eigenvalue weighted by molar-refractivity contribution is 5.14. The molecule has 1 rings (SSSR count). The maximum Gasteiger partial charge on any atom is 0.0655 e. The van der Waals surface area contributed by atoms with Crippen molar-refractivity contribution in [2.75, 3.05) is 13.7 Å². The van der Waals surface area contributed by atoms with Crippen LogP contribution in [0.15, 0.2) is 24.5 Å². The van der Waals surface area contributed by atoms with Gasteiger partial charge in [-0.2, -0.15) is 0 Å². The molecule has 0 amide bonds. The summed E-state index contributed by atoms with van der Waals surface area (Å²) in [6, 6.07) is 3.75. The summed E-state index contributed by atoms with van der Waals surface area (Å²) >= 11 is 0. The van der Waals surface area contributed by atoms with Gasteiger partial charge < -0.3 is 10.5 Å². The van der Waals surface area contributed by atoms with Crippen LogP contribution in [0.4, 0.5) is 0 Å². The van der Waals surface area contributed by atoms with Crippen molar-refractivity contribution >= 4 is 0 Å². The van der Waals surface area contributed by atoms with Crippen LogP contribution in [0, 0.1) is 0 Å². The van der Waals surface area contributed by atoms with Crippen molar-refractivity contribution in [1.29, 1.82) is 0 Å². The Morgan fingerprint density at radius 1 is 1.55 bits per heavy atom. The minimum absolute atomic E-state index is 0.0389. The predicted molar refractivity (Wildman–Crippen MR) is 43.0 cm³/mol. The summed E-state index contributed by atoms with van der Waals surface area (Å²) in [6.07, 6.45) is 3.45. The number of aromatic nitrogens is 1. The van der Waals surface area contributed by atoms with Gasteiger partial charge in [-0.3, -0.25) is 4.98 Å². The molecule has 0 spiro atoms. The molecule has 0 bridgehead atoms. The Morgan fingerprint density at radius 2 is 2.18 bits per heavy atom. The number of nitrogens with two attached hydrogens (primary N) is 1. The van der Waals surface area contributed by atoms with Gasteiger partial charge in [-0.25, -0.2) is 0 Å². The van der Waals surface area contributed by atoms with E-state index in [1.165, 1.54) is 0 Å². The lowest BCUT2D eigenvalue weighted by molar-refractivity contribution is 0.181. The SMILES string of the molecule is COC[C@@H](N)c1ccncc1. The molecule has 0 aromatic carbocycles. The molecular weight excluding hydrogens is 140 g/mol. The number of methoxy groups -OCH3 is 1. The fourth-order valence-electron chi connectivity index (χ4n) is 0.886. The highest BCUT2D eigenvalue weighted by Gasteiger charge is 2.02. The molecule has 0 saturated carbocycles. The van der Waals surface area contributed by atoms with Gasteiger partial charge in [0.1, 0.15) is 0 Å². The smallest absolute Gasteiger partial charge is 0.0655 e. The van der Waals surface area contributed by atoms with E-state index in [1.807, 2.05) is 12.1 Å². The summed E-state index contributed by atoms with van der Waals surface area (Å²) in [5, 5.41) is 0. The molecule has 0 unspecified atom stereocenters. The molecule has 11 heavy (non-hydrogen) atoms. The molecule has 1 heterocycles. The molecule has 3 nitrogen and oxygen atoms in total. The van der Waals surface area contributed by atoms with Crippen LogP contribution in [-0.4, -0.2) is 18.7 Å². The van der Waals surface area contributed by atoms with E-state index < -0.39 is 0 Å². The van der Waals surface area contributed by atoms with Crippen molar-refractivity contribution in [1.82, 2.24) is 4.98 Å². The lowest BCUT2D eigenvalue weighted by Crippen LogP contribution is -2.15. The van der Waals surface area contributed by atoms with Crippen LogP contribution in [0.5, 0.6) is 0 Å². The quantitative estimate of drug-likeness (QED) is 0.694. The van der Waals surface area contributed by atoms with Gasteiger partial charge in [-0.1, -0.05) is 0 Å². The third-order valence-electron chi connectivity index (χ3n) is 1.48. The number of ether oxygens (including phenoxy) is 1. The first-order valence-electron chi connectivity index (χ1n) is 3.49. The van der Waals surface area contributed by atoms with Crippen molar-refractivity contribution in [2.24, 2.45) is 5.73 Å². The molecular formula is C8H12N2O. The van der Waals surface area contributed by atoms with Crippen LogP contribution in [0.25, 0.3) is 0 Å². The highest BCUT2D eigenvalue weighted by atomic mass is 16.5. The fourth-order valence-corrected chi connectivity index (χ4v) is 0.886. The molecule has 0 saturated heterocycles. The molecule has 1 aromatic rings. The lowest BCUT2D eigenvalue weighted by Gasteiger charge is -2.09. The standard InChI is InChI=1S/C8H12N2O/c1-11-6-8(9)7-2-4-10-5-3-7/h2-5,8H,6,9H2,1H3/t8-/m1/s1. The van der Waals surface area contributed by atoms with Gasteiger partial charge in [0.2, 0.25) is 0 Å². The van der Waals surface area contributed by atoms with E-state index in [9.17, 15) is 0 Å². The summed E-state index contributed by atoms with van der Waals surface area (Å²) in [7, 11) is 1.64. The third kappa shape index (κ3) is 2.29. The molecule has 0 aliphatic rings. The van der Waals surface area contributed by atoms with Gasteiger partial charge in [0.05, 0.1) is 12.6 Å². The van der Waals surface area contributed by atoms with Crippen LogP contribution in [0.3, 0.4) is 0 Å². The van der Waals surface area contributed by atoms with Gasteiger partial charge in [-0.15, -0.1) is 0 Å². The van der Waals surface area contributed by atoms with Gasteiger partial charge in [0, 0.05) is 19.5 Å². The van der Waals surface area contributed by atoms with Crippen LogP contribution >= 0.6 is 0 Å². The molecule has 0 aliphatic carbocycles. The molecule has 0 fully saturated rings. The van der Waals surface area contributed by atoms with Gasteiger partial charge >= 0.3 is 0 Å². The van der Waals surface area contributed by atoms with Crippen molar-refractivity contribution in [3.63, 3.8) is 0 Å². The first-order chi connectivity index (χ1) is 5.34. The van der Waals surface area contributed by atoms with Gasteiger partial charge in [0.15, 0.2) is 0 Å². The third-order valence-corrected chi connectivity index (χ3v) is 1.48. The fraction of sp³-hybridized carbons (Fsp3) is 0.375. The van der Waals surface area contributed by atoms with E-state index in [0.29, 0.717) is 6.61 Å². The predicted octanol–water partition coefficient (Wildman–Crippen LogP) is 0.728. The van der Waals surface area contributed by atoms with Gasteiger partial charge in [0.25, 0.3) is 0 Å². The Balaban J connectivity index is 2.61. The number of nitrogens with zero attached hydrogens (tertiary/aromatic N) is 1. The first-order valence-corrected chi connectivity index (χ1v) is 3.49. The van der Waals surface area contributed by atoms with E-state index in [1.54, 1.807) is 19.5 Å². The lowest BCUT2D eigenvalue weighted by atomic mass is 10.1. The summed E-state index contributed by atoms with van der Waals surface area (Å²) in [6.45, 7) is 0.546. The molecule has 0 radical (unpaired) electrons. The summed E-state index contributed by atoms with van der Waals surface area (Å²) < 4.78 is 4.91. The van der Waals surface area contributed by atoms with Crippen molar-refractivity contribution in [3.05, 3.63) is 30.1 Å². The largest absolute Gasteiger partial charge is 0.383 e. The zero-order valence-corrected chi connectivity index (χ0v) is 6.53. The summed E-state index contributed by atoms with van der Waals surface area (Å²) in [4.78, 5) is 3.89. The second-order valence-corrected chi connectivity index (χ2v) is 2.34. The molecule has 60 valence electrons. The second kappa shape index (κ2) is 4.05. The highest BCUT2D eigenvalue weighted by Crippen LogP contribution is 2.07. The summed E-state index contributed by atoms with van der Waals surface area (Å²) in [5.74, 6) is 0. The van der Waals surface area contributed by atoms with E-state index in [0.717, 1.165) is 5.56 Å². The Bertz CT molecular complexity index is 201. The Kier molecular flexibility index (Phi) is 3.01. The van der Waals surface area contributed by atoms with Crippen molar-refractivity contribution in [3.8, 4) is 0 Å². The maximum absolute atomic E-state index is 5.75. The molecule has 1 atom stereocenters. The Hall–Kier alpha value is -0.930. The Morgan fingerprint density at radius 3 is 2.73 bits per heavy atom. The molecule has 3 heteroatoms. The Labute approximate surface area is 66.2 Å². The van der Waals surface area contributed by atoms with E-state index in [2.05, 4.69) is 4.98 Å². The molecule has 2 N–H and O–H groups in total. The number of hydrogen-bond donors (Lipinski definition) is 1. The van der Waals surface area contributed by atoms with Gasteiger partial charge in [-0.05, 0) is 17.7 Å². The summed E-state index contributed by atoms with van der Waals surface area (Å²) in [5.41, 5.74) is 6.81. The zero-order valence-electron chi connectivity index (χ0n) is 6.53. The minimum Gasteiger partial charge on any atom is -0.383 e. The maximum atomic E-state index is 5.75. The number of hydrogen-bond acceptors (Lipinski definition) is 3. The van der Waals surface area contributed by atoms with E-state index in [-0.39, 0.29) is 6.04 Å². The first kappa shape index (κ1) is 8.17. The average molecular weight is 152 g/mol. The van der Waals surface area contributed by atoms with Crippen LogP contribution < -0.4 is 5.73 Å². The topological polar surface area (TPSA) is 48.1 Å². The van der Waals surface area contributed by atoms with Crippen LogP contribution in [0.2, 0.25) is 0 Å². The van der Waals surface area contributed by atoms with Crippen molar-refractivity contribution < 1.29 is 4.74 Å². The van der Waals surface area contributed by atoms with E-state index >= 15 is 0 Å². The normalized spacial score (nSPS) is 12.9. The number of rotatable bonds is 3. The minimum atomic E-state index is -0.0389. The molecule has 0 aliphatic heterocycles. The monoisotopic (exact) mass is 152 g/mol.